The largest absolute Gasteiger partial charge is 0.336 e. The van der Waals surface area contributed by atoms with Crippen molar-refractivity contribution in [1.82, 2.24) is 24.2 Å². The molecule has 2 aromatic heterocycles. The molecule has 1 aromatic carbocycles. The third-order valence-electron chi connectivity index (χ3n) is 5.25. The number of aromatic nitrogens is 4. The van der Waals surface area contributed by atoms with Gasteiger partial charge in [0.05, 0.1) is 17.5 Å². The molecule has 1 amide bonds. The highest BCUT2D eigenvalue weighted by Gasteiger charge is 2.30. The van der Waals surface area contributed by atoms with Crippen molar-refractivity contribution in [3.63, 3.8) is 0 Å². The van der Waals surface area contributed by atoms with E-state index in [0.29, 0.717) is 35.6 Å². The van der Waals surface area contributed by atoms with Gasteiger partial charge in [0.1, 0.15) is 29.2 Å². The predicted octanol–water partition coefficient (Wildman–Crippen LogP) is 2.27. The molecule has 0 spiro atoms. The van der Waals surface area contributed by atoms with Crippen LogP contribution in [0.5, 0.6) is 0 Å². The maximum atomic E-state index is 14.7. The molecule has 3 heterocycles. The molecule has 8 nitrogen and oxygen atoms in total. The molecule has 154 valence electrons. The minimum absolute atomic E-state index is 0.0365. The third kappa shape index (κ3) is 3.13. The Morgan fingerprint density at radius 2 is 2.13 bits per heavy atom. The fraction of sp³-hybridized carbons (Fsp3) is 0.300. The highest BCUT2D eigenvalue weighted by molar-refractivity contribution is 5.94. The van der Waals surface area contributed by atoms with E-state index >= 15 is 0 Å². The summed E-state index contributed by atoms with van der Waals surface area (Å²) in [6.45, 7) is 4.05. The summed E-state index contributed by atoms with van der Waals surface area (Å²) >= 11 is 0. The topological polar surface area (TPSA) is 106 Å². The Balaban J connectivity index is 1.90. The van der Waals surface area contributed by atoms with Crippen molar-refractivity contribution in [3.05, 3.63) is 53.0 Å². The Bertz CT molecular complexity index is 1190. The Morgan fingerprint density at radius 1 is 1.37 bits per heavy atom. The van der Waals surface area contributed by atoms with Gasteiger partial charge in [0.15, 0.2) is 5.82 Å². The van der Waals surface area contributed by atoms with Crippen LogP contribution in [-0.2, 0) is 0 Å². The van der Waals surface area contributed by atoms with Crippen molar-refractivity contribution in [2.45, 2.75) is 26.3 Å². The molecule has 3 aromatic rings. The summed E-state index contributed by atoms with van der Waals surface area (Å²) in [7, 11) is 0. The minimum atomic E-state index is -0.731. The fourth-order valence-corrected chi connectivity index (χ4v) is 3.61. The smallest absolute Gasteiger partial charge is 0.274 e. The first kappa shape index (κ1) is 19.7. The number of aryl methyl sites for hydroxylation is 1. The summed E-state index contributed by atoms with van der Waals surface area (Å²) in [6, 6.07) is 5.63. The summed E-state index contributed by atoms with van der Waals surface area (Å²) in [5.74, 6) is -0.730. The van der Waals surface area contributed by atoms with Gasteiger partial charge in [-0.25, -0.2) is 14.4 Å². The van der Waals surface area contributed by atoms with Gasteiger partial charge in [-0.2, -0.15) is 5.26 Å². The third-order valence-corrected chi connectivity index (χ3v) is 5.25. The first-order valence-electron chi connectivity index (χ1n) is 9.37. The molecule has 1 aliphatic rings. The minimum Gasteiger partial charge on any atom is -0.336 e. The van der Waals surface area contributed by atoms with E-state index in [9.17, 15) is 13.7 Å². The van der Waals surface area contributed by atoms with Crippen LogP contribution >= 0.6 is 0 Å². The van der Waals surface area contributed by atoms with Crippen molar-refractivity contribution < 1.29 is 13.7 Å². The lowest BCUT2D eigenvalue weighted by atomic mass is 10.1. The monoisotopic (exact) mass is 411 g/mol. The van der Waals surface area contributed by atoms with Crippen LogP contribution in [-0.4, -0.2) is 49.3 Å². The zero-order valence-corrected chi connectivity index (χ0v) is 16.4. The SMILES string of the molecule is Cc1ncc(-n2c(-c3ccc(C#N)c(F)c3)nc(C(=O)N3CC[C@H](N)C3)c2C)n1F. The lowest BCUT2D eigenvalue weighted by Gasteiger charge is -2.14. The number of imidazole rings is 2. The van der Waals surface area contributed by atoms with Crippen LogP contribution in [0.4, 0.5) is 8.87 Å². The van der Waals surface area contributed by atoms with Crippen LogP contribution in [0.15, 0.2) is 24.4 Å². The number of benzene rings is 1. The lowest BCUT2D eigenvalue weighted by molar-refractivity contribution is 0.0785. The highest BCUT2D eigenvalue weighted by Crippen LogP contribution is 2.29. The molecule has 0 unspecified atom stereocenters. The van der Waals surface area contributed by atoms with Gasteiger partial charge in [-0.1, -0.05) is 4.48 Å². The second kappa shape index (κ2) is 7.35. The van der Waals surface area contributed by atoms with Gasteiger partial charge < -0.3 is 10.6 Å². The number of nitriles is 1. The second-order valence-corrected chi connectivity index (χ2v) is 7.26. The number of nitrogens with two attached hydrogens (primary N) is 1. The average molecular weight is 411 g/mol. The molecule has 4 rings (SSSR count). The van der Waals surface area contributed by atoms with Crippen molar-refractivity contribution in [2.75, 3.05) is 13.1 Å². The number of carbonyl (C=O) groups excluding carboxylic acids is 1. The maximum absolute atomic E-state index is 14.7. The van der Waals surface area contributed by atoms with E-state index in [4.69, 9.17) is 11.0 Å². The van der Waals surface area contributed by atoms with Crippen LogP contribution in [0, 0.1) is 31.0 Å². The molecular weight excluding hydrogens is 392 g/mol. The number of rotatable bonds is 3. The van der Waals surface area contributed by atoms with Crippen LogP contribution in [0.2, 0.25) is 0 Å². The molecule has 1 atom stereocenters. The Kier molecular flexibility index (Phi) is 4.83. The van der Waals surface area contributed by atoms with Gasteiger partial charge in [-0.3, -0.25) is 9.36 Å². The summed E-state index contributed by atoms with van der Waals surface area (Å²) in [5, 5.41) is 8.98. The molecule has 0 aliphatic carbocycles. The lowest BCUT2D eigenvalue weighted by Crippen LogP contribution is -2.32. The number of likely N-dealkylation sites (tertiary alicyclic amines) is 1. The van der Waals surface area contributed by atoms with Crippen molar-refractivity contribution >= 4 is 5.91 Å². The number of carbonyl (C=O) groups is 1. The molecule has 0 saturated carbocycles. The molecule has 1 fully saturated rings. The standard InChI is InChI=1S/C20H19F2N7O/c1-11-18(20(30)27-6-5-15(24)10-27)26-19(13-3-4-14(8-23)16(21)7-13)28(11)17-9-25-12(2)29(17)22/h3-4,7,9,15H,5-6,10,24H2,1-2H3/t15-/m0/s1. The Morgan fingerprint density at radius 3 is 2.70 bits per heavy atom. The van der Waals surface area contributed by atoms with Gasteiger partial charge >= 0.3 is 0 Å². The van der Waals surface area contributed by atoms with Crippen molar-refractivity contribution in [3.8, 4) is 23.3 Å². The quantitative estimate of drug-likeness (QED) is 0.712. The summed E-state index contributed by atoms with van der Waals surface area (Å²) in [5.41, 5.74) is 6.60. The first-order chi connectivity index (χ1) is 14.3. The number of nitrogens with zero attached hydrogens (tertiary/aromatic N) is 6. The van der Waals surface area contributed by atoms with Gasteiger partial charge in [-0.05, 0) is 38.5 Å². The predicted molar refractivity (Wildman–Crippen MR) is 104 cm³/mol. The van der Waals surface area contributed by atoms with E-state index in [1.807, 2.05) is 0 Å². The van der Waals surface area contributed by atoms with E-state index in [1.165, 1.54) is 29.8 Å². The zero-order valence-electron chi connectivity index (χ0n) is 16.4. The first-order valence-corrected chi connectivity index (χ1v) is 9.37. The molecular formula is C20H19F2N7O. The van der Waals surface area contributed by atoms with Gasteiger partial charge in [0.2, 0.25) is 0 Å². The van der Waals surface area contributed by atoms with Gasteiger partial charge in [0.25, 0.3) is 5.91 Å². The van der Waals surface area contributed by atoms with E-state index in [2.05, 4.69) is 9.97 Å². The number of halogens is 2. The summed E-state index contributed by atoms with van der Waals surface area (Å²) in [6.07, 6.45) is 2.00. The Hall–Kier alpha value is -3.58. The average Bonchev–Trinajstić information content (AvgIpc) is 3.40. The molecule has 0 radical (unpaired) electrons. The highest BCUT2D eigenvalue weighted by atomic mass is 19.2. The van der Waals surface area contributed by atoms with E-state index in [-0.39, 0.29) is 40.7 Å². The van der Waals surface area contributed by atoms with Crippen LogP contribution in [0.1, 0.15) is 34.0 Å². The van der Waals surface area contributed by atoms with Crippen LogP contribution in [0.25, 0.3) is 17.2 Å². The van der Waals surface area contributed by atoms with Gasteiger partial charge in [0, 0.05) is 24.7 Å². The molecule has 1 saturated heterocycles. The summed E-state index contributed by atoms with van der Waals surface area (Å²) < 4.78 is 30.3. The van der Waals surface area contributed by atoms with E-state index in [1.54, 1.807) is 17.9 Å². The van der Waals surface area contributed by atoms with Crippen molar-refractivity contribution in [2.24, 2.45) is 5.73 Å². The van der Waals surface area contributed by atoms with Gasteiger partial charge in [-0.15, -0.1) is 4.79 Å². The maximum Gasteiger partial charge on any atom is 0.274 e. The number of hydrogen-bond donors (Lipinski definition) is 1. The van der Waals surface area contributed by atoms with Crippen LogP contribution in [0.3, 0.4) is 0 Å². The normalized spacial score (nSPS) is 16.1. The molecule has 2 N–H and O–H groups in total. The molecule has 0 bridgehead atoms. The fourth-order valence-electron chi connectivity index (χ4n) is 3.61. The Labute approximate surface area is 171 Å². The number of amides is 1. The van der Waals surface area contributed by atoms with Crippen LogP contribution < -0.4 is 5.73 Å². The molecule has 1 aliphatic heterocycles. The summed E-state index contributed by atoms with van der Waals surface area (Å²) in [4.78, 5) is 23.4. The van der Waals surface area contributed by atoms with E-state index < -0.39 is 5.82 Å². The molecule has 10 heteroatoms. The van der Waals surface area contributed by atoms with E-state index in [0.717, 1.165) is 6.07 Å². The number of hydrogen-bond acceptors (Lipinski definition) is 5. The zero-order chi connectivity index (χ0) is 21.6. The molecule has 30 heavy (non-hydrogen) atoms. The second-order valence-electron chi connectivity index (χ2n) is 7.26. The van der Waals surface area contributed by atoms with Crippen molar-refractivity contribution in [1.29, 1.82) is 5.26 Å².